The van der Waals surface area contributed by atoms with Crippen LogP contribution in [0, 0.1) is 5.92 Å². The van der Waals surface area contributed by atoms with E-state index in [0.717, 1.165) is 25.2 Å². The van der Waals surface area contributed by atoms with Gasteiger partial charge in [0.05, 0.1) is 0 Å². The number of carbonyl (C=O) groups excluding carboxylic acids is 1. The van der Waals surface area contributed by atoms with Crippen LogP contribution in [0.5, 0.6) is 0 Å². The number of amides is 1. The zero-order valence-corrected chi connectivity index (χ0v) is 14.0. The predicted molar refractivity (Wildman–Crippen MR) is 89.7 cm³/mol. The highest BCUT2D eigenvalue weighted by atomic mass is 35.5. The minimum Gasteiger partial charge on any atom is -0.356 e. The van der Waals surface area contributed by atoms with Crippen LogP contribution in [0.15, 0.2) is 28.8 Å². The molecule has 0 radical (unpaired) electrons. The Balaban J connectivity index is 0.00000192. The van der Waals surface area contributed by atoms with Crippen molar-refractivity contribution in [3.63, 3.8) is 0 Å². The first kappa shape index (κ1) is 17.7. The van der Waals surface area contributed by atoms with Crippen LogP contribution in [0.3, 0.4) is 0 Å². The second-order valence-electron chi connectivity index (χ2n) is 5.35. The number of nitrogens with zero attached hydrogens (tertiary/aromatic N) is 2. The summed E-state index contributed by atoms with van der Waals surface area (Å²) in [5.74, 6) is 1.54. The van der Waals surface area contributed by atoms with E-state index in [2.05, 4.69) is 20.8 Å². The summed E-state index contributed by atoms with van der Waals surface area (Å²) in [5, 5.41) is 10.7. The molecule has 0 saturated carbocycles. The van der Waals surface area contributed by atoms with Crippen molar-refractivity contribution >= 4 is 29.9 Å². The predicted octanol–water partition coefficient (Wildman–Crippen LogP) is 2.08. The third-order valence-corrected chi connectivity index (χ3v) is 3.84. The molecule has 2 aromatic rings. The number of hydrogen-bond donors (Lipinski definition) is 2. The van der Waals surface area contributed by atoms with Crippen LogP contribution >= 0.6 is 24.0 Å². The monoisotopic (exact) mass is 356 g/mol. The van der Waals surface area contributed by atoms with Gasteiger partial charge < -0.3 is 15.2 Å². The lowest BCUT2D eigenvalue weighted by molar-refractivity contribution is -0.121. The molecular formula is C15H18Cl2N4O2. The molecule has 1 fully saturated rings. The number of aryl methyl sites for hydroxylation is 1. The van der Waals surface area contributed by atoms with Gasteiger partial charge in [-0.15, -0.1) is 12.4 Å². The van der Waals surface area contributed by atoms with Crippen LogP contribution in [0.1, 0.15) is 12.3 Å². The number of benzene rings is 1. The molecule has 1 aromatic carbocycles. The highest BCUT2D eigenvalue weighted by molar-refractivity contribution is 6.30. The highest BCUT2D eigenvalue weighted by Gasteiger charge is 2.17. The van der Waals surface area contributed by atoms with E-state index in [1.54, 1.807) is 12.1 Å². The second kappa shape index (κ2) is 8.29. The number of halogens is 2. The van der Waals surface area contributed by atoms with Crippen molar-refractivity contribution in [3.8, 4) is 11.4 Å². The molecule has 2 N–H and O–H groups in total. The van der Waals surface area contributed by atoms with Gasteiger partial charge in [0.15, 0.2) is 0 Å². The maximum Gasteiger partial charge on any atom is 0.227 e. The quantitative estimate of drug-likeness (QED) is 0.828. The maximum absolute atomic E-state index is 11.7. The molecule has 0 bridgehead atoms. The molecule has 1 aliphatic rings. The zero-order valence-electron chi connectivity index (χ0n) is 12.4. The number of hydrogen-bond acceptors (Lipinski definition) is 5. The number of rotatable bonds is 6. The molecule has 3 rings (SSSR count). The van der Waals surface area contributed by atoms with Gasteiger partial charge in [0.1, 0.15) is 0 Å². The first-order chi connectivity index (χ1) is 10.7. The number of nitrogens with one attached hydrogen (secondary N) is 2. The Kier molecular flexibility index (Phi) is 6.38. The molecule has 124 valence electrons. The Morgan fingerprint density at radius 2 is 2.09 bits per heavy atom. The molecule has 2 heterocycles. The Labute approximate surface area is 145 Å². The van der Waals surface area contributed by atoms with Crippen LogP contribution in [0.4, 0.5) is 0 Å². The fourth-order valence-electron chi connectivity index (χ4n) is 2.13. The third-order valence-electron chi connectivity index (χ3n) is 3.59. The standard InChI is InChI=1S/C15H17ClN4O2.ClH/c16-12-3-1-11(2-4-12)15-19-14(22-20-15)6-5-13(21)18-9-10-7-17-8-10;/h1-4,10,17H,5-9H2,(H,18,21);1H. The minimum atomic E-state index is 0. The molecular weight excluding hydrogens is 339 g/mol. The van der Waals surface area contributed by atoms with Crippen molar-refractivity contribution in [2.24, 2.45) is 5.92 Å². The van der Waals surface area contributed by atoms with Crippen molar-refractivity contribution in [2.75, 3.05) is 19.6 Å². The summed E-state index contributed by atoms with van der Waals surface area (Å²) in [6, 6.07) is 7.21. The van der Waals surface area contributed by atoms with Crippen molar-refractivity contribution in [3.05, 3.63) is 35.2 Å². The van der Waals surface area contributed by atoms with E-state index in [9.17, 15) is 4.79 Å². The van der Waals surface area contributed by atoms with Crippen molar-refractivity contribution < 1.29 is 9.32 Å². The van der Waals surface area contributed by atoms with Crippen molar-refractivity contribution in [1.82, 2.24) is 20.8 Å². The van der Waals surface area contributed by atoms with Gasteiger partial charge in [0.2, 0.25) is 17.6 Å². The molecule has 8 heteroatoms. The second-order valence-corrected chi connectivity index (χ2v) is 5.78. The molecule has 1 aromatic heterocycles. The highest BCUT2D eigenvalue weighted by Crippen LogP contribution is 2.18. The van der Waals surface area contributed by atoms with Crippen molar-refractivity contribution in [2.45, 2.75) is 12.8 Å². The van der Waals surface area contributed by atoms with Gasteiger partial charge in [0.25, 0.3) is 0 Å². The molecule has 0 aliphatic carbocycles. The first-order valence-electron chi connectivity index (χ1n) is 7.26. The van der Waals surface area contributed by atoms with Gasteiger partial charge in [-0.05, 0) is 24.3 Å². The normalized spacial score (nSPS) is 14.0. The molecule has 0 unspecified atom stereocenters. The van der Waals surface area contributed by atoms with Gasteiger partial charge in [-0.2, -0.15) is 4.98 Å². The lowest BCUT2D eigenvalue weighted by Crippen LogP contribution is -2.48. The van der Waals surface area contributed by atoms with Crippen LogP contribution in [-0.2, 0) is 11.2 Å². The van der Waals surface area contributed by atoms with Gasteiger partial charge >= 0.3 is 0 Å². The fourth-order valence-corrected chi connectivity index (χ4v) is 2.26. The maximum atomic E-state index is 11.7. The first-order valence-corrected chi connectivity index (χ1v) is 7.64. The SMILES string of the molecule is Cl.O=C(CCc1nc(-c2ccc(Cl)cc2)no1)NCC1CNC1. The van der Waals surface area contributed by atoms with E-state index in [4.69, 9.17) is 16.1 Å². The average Bonchev–Trinajstić information content (AvgIpc) is 2.93. The summed E-state index contributed by atoms with van der Waals surface area (Å²) in [6.07, 6.45) is 0.789. The largest absolute Gasteiger partial charge is 0.356 e. The van der Waals surface area contributed by atoms with Gasteiger partial charge in [-0.1, -0.05) is 16.8 Å². The Morgan fingerprint density at radius 1 is 1.35 bits per heavy atom. The molecule has 0 spiro atoms. The summed E-state index contributed by atoms with van der Waals surface area (Å²) in [6.45, 7) is 2.69. The van der Waals surface area contributed by atoms with Crippen LogP contribution < -0.4 is 10.6 Å². The fraction of sp³-hybridized carbons (Fsp3) is 0.400. The Hall–Kier alpha value is -1.63. The van der Waals surface area contributed by atoms with Gasteiger partial charge in [-0.25, -0.2) is 0 Å². The van der Waals surface area contributed by atoms with E-state index in [-0.39, 0.29) is 18.3 Å². The Bertz CT molecular complexity index is 641. The smallest absolute Gasteiger partial charge is 0.227 e. The third kappa shape index (κ3) is 4.92. The lowest BCUT2D eigenvalue weighted by Gasteiger charge is -2.27. The van der Waals surface area contributed by atoms with E-state index < -0.39 is 0 Å². The minimum absolute atomic E-state index is 0. The molecule has 23 heavy (non-hydrogen) atoms. The van der Waals surface area contributed by atoms with E-state index in [1.807, 2.05) is 12.1 Å². The topological polar surface area (TPSA) is 80.0 Å². The zero-order chi connectivity index (χ0) is 15.4. The van der Waals surface area contributed by atoms with Gasteiger partial charge in [0, 0.05) is 49.0 Å². The average molecular weight is 357 g/mol. The van der Waals surface area contributed by atoms with Crippen LogP contribution in [-0.4, -0.2) is 35.7 Å². The lowest BCUT2D eigenvalue weighted by atomic mass is 10.0. The van der Waals surface area contributed by atoms with E-state index in [0.29, 0.717) is 35.5 Å². The van der Waals surface area contributed by atoms with Crippen LogP contribution in [0.25, 0.3) is 11.4 Å². The molecule has 1 amide bonds. The summed E-state index contributed by atoms with van der Waals surface area (Å²) in [5.41, 5.74) is 0.835. The summed E-state index contributed by atoms with van der Waals surface area (Å²) < 4.78 is 5.17. The molecule has 1 aliphatic heterocycles. The molecule has 0 atom stereocenters. The van der Waals surface area contributed by atoms with E-state index >= 15 is 0 Å². The Morgan fingerprint density at radius 3 is 2.74 bits per heavy atom. The summed E-state index contributed by atoms with van der Waals surface area (Å²) >= 11 is 5.84. The molecule has 1 saturated heterocycles. The number of aromatic nitrogens is 2. The summed E-state index contributed by atoms with van der Waals surface area (Å²) in [7, 11) is 0. The van der Waals surface area contributed by atoms with Crippen molar-refractivity contribution in [1.29, 1.82) is 0 Å². The number of carbonyl (C=O) groups is 1. The van der Waals surface area contributed by atoms with E-state index in [1.165, 1.54) is 0 Å². The van der Waals surface area contributed by atoms with Gasteiger partial charge in [-0.3, -0.25) is 4.79 Å². The molecule has 6 nitrogen and oxygen atoms in total. The van der Waals surface area contributed by atoms with Crippen LogP contribution in [0.2, 0.25) is 5.02 Å². The summed E-state index contributed by atoms with van der Waals surface area (Å²) in [4.78, 5) is 16.0.